The van der Waals surface area contributed by atoms with Gasteiger partial charge in [-0.05, 0) is 12.8 Å². The van der Waals surface area contributed by atoms with Crippen LogP contribution in [-0.4, -0.2) is 75.5 Å². The maximum absolute atomic E-state index is 12.7. The summed E-state index contributed by atoms with van der Waals surface area (Å²) in [5, 5.41) is 11.6. The molecule has 0 aliphatic heterocycles. The molecule has 0 aliphatic rings. The Morgan fingerprint density at radius 2 is 0.863 bits per heavy atom. The van der Waals surface area contributed by atoms with Gasteiger partial charge in [-0.15, -0.1) is 0 Å². The second kappa shape index (κ2) is 35.4. The molecule has 2 atom stereocenters. The molecular weight excluding hydrogens is 642 g/mol. The summed E-state index contributed by atoms with van der Waals surface area (Å²) in [6.07, 6.45) is 34.1. The van der Waals surface area contributed by atoms with Crippen LogP contribution in [-0.2, 0) is 28.6 Å². The van der Waals surface area contributed by atoms with Crippen LogP contribution < -0.4 is 5.11 Å². The van der Waals surface area contributed by atoms with Crippen molar-refractivity contribution in [2.75, 3.05) is 41.0 Å². The van der Waals surface area contributed by atoms with E-state index in [2.05, 4.69) is 13.8 Å². The minimum atomic E-state index is -1.12. The quantitative estimate of drug-likeness (QED) is 0.0353. The van der Waals surface area contributed by atoms with Gasteiger partial charge in [-0.1, -0.05) is 174 Å². The Hall–Kier alpha value is -1.67. The monoisotopic (exact) mass is 726 g/mol. The molecule has 0 aliphatic carbocycles. The number of carbonyl (C=O) groups is 3. The first kappa shape index (κ1) is 49.3. The van der Waals surface area contributed by atoms with E-state index in [0.29, 0.717) is 12.8 Å². The van der Waals surface area contributed by atoms with Gasteiger partial charge in [0.15, 0.2) is 6.10 Å². The van der Waals surface area contributed by atoms with Crippen LogP contribution in [0.3, 0.4) is 0 Å². The topological polar surface area (TPSA) is 102 Å². The highest BCUT2D eigenvalue weighted by Gasteiger charge is 2.25. The zero-order chi connectivity index (χ0) is 37.8. The van der Waals surface area contributed by atoms with E-state index in [4.69, 9.17) is 14.2 Å². The maximum atomic E-state index is 12.7. The standard InChI is InChI=1S/C43H83NO7/c1-6-8-10-12-14-16-17-18-19-20-21-22-23-24-26-28-30-32-34-42(46)51-39(37-49-36-35-40(43(47)48)44(3,4)5)38-50-41(45)33-31-29-27-25-15-13-11-9-7-2/h39-40H,6-38H2,1-5H3. The molecule has 0 saturated carbocycles. The summed E-state index contributed by atoms with van der Waals surface area (Å²) in [7, 11) is 5.41. The van der Waals surface area contributed by atoms with Crippen LogP contribution in [0.2, 0.25) is 0 Å². The van der Waals surface area contributed by atoms with Crippen LogP contribution in [0.1, 0.15) is 206 Å². The van der Waals surface area contributed by atoms with E-state index in [1.807, 2.05) is 0 Å². The third-order valence-electron chi connectivity index (χ3n) is 9.99. The van der Waals surface area contributed by atoms with E-state index in [9.17, 15) is 19.5 Å². The number of quaternary nitrogens is 1. The largest absolute Gasteiger partial charge is 0.544 e. The van der Waals surface area contributed by atoms with Crippen molar-refractivity contribution >= 4 is 17.9 Å². The number of likely N-dealkylation sites (N-methyl/N-ethyl adjacent to an activating group) is 1. The van der Waals surface area contributed by atoms with Gasteiger partial charge < -0.3 is 28.6 Å². The third-order valence-corrected chi connectivity index (χ3v) is 9.99. The Labute approximate surface area is 315 Å². The Morgan fingerprint density at radius 3 is 1.22 bits per heavy atom. The van der Waals surface area contributed by atoms with E-state index in [-0.39, 0.29) is 42.7 Å². The van der Waals surface area contributed by atoms with Crippen LogP contribution in [0.5, 0.6) is 0 Å². The number of hydrogen-bond acceptors (Lipinski definition) is 7. The van der Waals surface area contributed by atoms with Crippen molar-refractivity contribution in [1.29, 1.82) is 0 Å². The highest BCUT2D eigenvalue weighted by atomic mass is 16.6. The first-order chi connectivity index (χ1) is 24.6. The molecular formula is C43H83NO7. The summed E-state index contributed by atoms with van der Waals surface area (Å²) < 4.78 is 17.1. The van der Waals surface area contributed by atoms with E-state index < -0.39 is 18.1 Å². The van der Waals surface area contributed by atoms with E-state index in [1.54, 1.807) is 21.1 Å². The fourth-order valence-corrected chi connectivity index (χ4v) is 6.60. The van der Waals surface area contributed by atoms with Crippen molar-refractivity contribution < 1.29 is 38.2 Å². The maximum Gasteiger partial charge on any atom is 0.306 e. The molecule has 0 fully saturated rings. The normalized spacial score (nSPS) is 12.9. The Kier molecular flexibility index (Phi) is 34.2. The number of unbranched alkanes of at least 4 members (excludes halogenated alkanes) is 25. The summed E-state index contributed by atoms with van der Waals surface area (Å²) in [6.45, 7) is 4.67. The Morgan fingerprint density at radius 1 is 0.510 bits per heavy atom. The number of carboxylic acids is 1. The van der Waals surface area contributed by atoms with Gasteiger partial charge in [0.25, 0.3) is 0 Å². The second-order valence-electron chi connectivity index (χ2n) is 15.9. The molecule has 0 aromatic rings. The molecule has 0 saturated heterocycles. The molecule has 0 amide bonds. The number of hydrogen-bond donors (Lipinski definition) is 0. The number of nitrogens with zero attached hydrogens (tertiary/aromatic N) is 1. The minimum Gasteiger partial charge on any atom is -0.544 e. The van der Waals surface area contributed by atoms with Crippen molar-refractivity contribution in [3.8, 4) is 0 Å². The summed E-state index contributed by atoms with van der Waals surface area (Å²) in [4.78, 5) is 36.7. The summed E-state index contributed by atoms with van der Waals surface area (Å²) >= 11 is 0. The first-order valence-electron chi connectivity index (χ1n) is 21.6. The lowest BCUT2D eigenvalue weighted by atomic mass is 10.0. The number of ether oxygens (including phenoxy) is 3. The highest BCUT2D eigenvalue weighted by molar-refractivity contribution is 5.70. The molecule has 8 heteroatoms. The van der Waals surface area contributed by atoms with Gasteiger partial charge in [0.05, 0.1) is 40.3 Å². The first-order valence-corrected chi connectivity index (χ1v) is 21.6. The predicted molar refractivity (Wildman–Crippen MR) is 208 cm³/mol. The van der Waals surface area contributed by atoms with E-state index in [1.165, 1.54) is 135 Å². The predicted octanol–water partition coefficient (Wildman–Crippen LogP) is 10.0. The molecule has 0 radical (unpaired) electrons. The van der Waals surface area contributed by atoms with Crippen molar-refractivity contribution in [2.24, 2.45) is 0 Å². The molecule has 0 aromatic carbocycles. The van der Waals surface area contributed by atoms with Crippen molar-refractivity contribution in [3.63, 3.8) is 0 Å². The van der Waals surface area contributed by atoms with Crippen molar-refractivity contribution in [3.05, 3.63) is 0 Å². The molecule has 2 unspecified atom stereocenters. The number of carbonyl (C=O) groups excluding carboxylic acids is 3. The summed E-state index contributed by atoms with van der Waals surface area (Å²) in [6, 6.07) is -0.718. The highest BCUT2D eigenvalue weighted by Crippen LogP contribution is 2.16. The Balaban J connectivity index is 4.25. The lowest BCUT2D eigenvalue weighted by Gasteiger charge is -2.34. The number of rotatable bonds is 39. The smallest absolute Gasteiger partial charge is 0.306 e. The molecule has 8 nitrogen and oxygen atoms in total. The molecule has 0 heterocycles. The van der Waals surface area contributed by atoms with Crippen molar-refractivity contribution in [2.45, 2.75) is 219 Å². The third kappa shape index (κ3) is 33.9. The van der Waals surface area contributed by atoms with Crippen LogP contribution in [0.4, 0.5) is 0 Å². The summed E-state index contributed by atoms with van der Waals surface area (Å²) in [5.41, 5.74) is 0. The van der Waals surface area contributed by atoms with Gasteiger partial charge in [-0.3, -0.25) is 9.59 Å². The van der Waals surface area contributed by atoms with Crippen LogP contribution in [0.25, 0.3) is 0 Å². The second-order valence-corrected chi connectivity index (χ2v) is 15.9. The molecule has 51 heavy (non-hydrogen) atoms. The van der Waals surface area contributed by atoms with Crippen LogP contribution in [0, 0.1) is 0 Å². The fourth-order valence-electron chi connectivity index (χ4n) is 6.60. The minimum absolute atomic E-state index is 0.0487. The lowest BCUT2D eigenvalue weighted by Crippen LogP contribution is -2.55. The number of aliphatic carboxylic acids is 1. The van der Waals surface area contributed by atoms with E-state index in [0.717, 1.165) is 38.5 Å². The average Bonchev–Trinajstić information content (AvgIpc) is 3.08. The average molecular weight is 726 g/mol. The van der Waals surface area contributed by atoms with Crippen molar-refractivity contribution in [1.82, 2.24) is 0 Å². The van der Waals surface area contributed by atoms with Gasteiger partial charge in [0.2, 0.25) is 0 Å². The zero-order valence-electron chi connectivity index (χ0n) is 34.3. The number of carboxylic acid groups (broad SMARTS) is 1. The molecule has 302 valence electrons. The van der Waals surface area contributed by atoms with Gasteiger partial charge in [-0.25, -0.2) is 0 Å². The zero-order valence-corrected chi connectivity index (χ0v) is 34.3. The molecule has 0 aromatic heterocycles. The van der Waals surface area contributed by atoms with Gasteiger partial charge in [0, 0.05) is 19.3 Å². The molecule has 0 spiro atoms. The van der Waals surface area contributed by atoms with Gasteiger partial charge >= 0.3 is 11.9 Å². The lowest BCUT2D eigenvalue weighted by molar-refractivity contribution is -0.889. The van der Waals surface area contributed by atoms with E-state index >= 15 is 0 Å². The fraction of sp³-hybridized carbons (Fsp3) is 0.930. The summed E-state index contributed by atoms with van der Waals surface area (Å²) in [5.74, 6) is -1.72. The molecule has 0 bridgehead atoms. The van der Waals surface area contributed by atoms with Gasteiger partial charge in [0.1, 0.15) is 12.6 Å². The van der Waals surface area contributed by atoms with Gasteiger partial charge in [-0.2, -0.15) is 0 Å². The molecule has 0 N–H and O–H groups in total. The SMILES string of the molecule is CCCCCCCCCCCCCCCCCCCCC(=O)OC(COCCC(C(=O)[O-])[N+](C)(C)C)COC(=O)CCCCCCCCCCC. The number of esters is 2. The molecule has 0 rings (SSSR count). The van der Waals surface area contributed by atoms with Crippen LogP contribution in [0.15, 0.2) is 0 Å². The Bertz CT molecular complexity index is 813. The van der Waals surface area contributed by atoms with Crippen LogP contribution >= 0.6 is 0 Å².